The second-order valence-electron chi connectivity index (χ2n) is 4.72. The quantitative estimate of drug-likeness (QED) is 0.916. The van der Waals surface area contributed by atoms with Gasteiger partial charge in [-0.2, -0.15) is 0 Å². The Labute approximate surface area is 122 Å². The number of carbonyl (C=O) groups is 2. The highest BCUT2D eigenvalue weighted by molar-refractivity contribution is 6.30. The van der Waals surface area contributed by atoms with Crippen molar-refractivity contribution in [2.45, 2.75) is 18.9 Å². The highest BCUT2D eigenvalue weighted by atomic mass is 35.5. The van der Waals surface area contributed by atoms with Gasteiger partial charge >= 0.3 is 5.97 Å². The Balaban J connectivity index is 2.04. The SMILES string of the molecule is O=C(O)CC1COCCN1C(=O)Cc1cccc(Cl)c1. The van der Waals surface area contributed by atoms with E-state index < -0.39 is 12.0 Å². The number of carbonyl (C=O) groups excluding carboxylic acids is 1. The van der Waals surface area contributed by atoms with Gasteiger partial charge in [0.15, 0.2) is 0 Å². The lowest BCUT2D eigenvalue weighted by atomic mass is 10.1. The van der Waals surface area contributed by atoms with Crippen LogP contribution >= 0.6 is 11.6 Å². The molecule has 2 rings (SSSR count). The molecule has 108 valence electrons. The number of hydrogen-bond acceptors (Lipinski definition) is 3. The molecule has 1 fully saturated rings. The van der Waals surface area contributed by atoms with Gasteiger partial charge in [0.1, 0.15) is 0 Å². The molecule has 1 amide bonds. The van der Waals surface area contributed by atoms with Gasteiger partial charge in [0.2, 0.25) is 5.91 Å². The van der Waals surface area contributed by atoms with Crippen LogP contribution in [0.5, 0.6) is 0 Å². The summed E-state index contributed by atoms with van der Waals surface area (Å²) in [5.74, 6) is -1.03. The van der Waals surface area contributed by atoms with Gasteiger partial charge in [-0.15, -0.1) is 0 Å². The number of morpholine rings is 1. The van der Waals surface area contributed by atoms with E-state index in [1.54, 1.807) is 23.1 Å². The predicted molar refractivity (Wildman–Crippen MR) is 73.7 cm³/mol. The summed E-state index contributed by atoms with van der Waals surface area (Å²) in [7, 11) is 0. The summed E-state index contributed by atoms with van der Waals surface area (Å²) in [6.45, 7) is 1.14. The predicted octanol–water partition coefficient (Wildman–Crippen LogP) is 1.58. The lowest BCUT2D eigenvalue weighted by Gasteiger charge is -2.35. The minimum Gasteiger partial charge on any atom is -0.481 e. The summed E-state index contributed by atoms with van der Waals surface area (Å²) < 4.78 is 5.25. The number of halogens is 1. The minimum atomic E-state index is -0.930. The topological polar surface area (TPSA) is 66.8 Å². The standard InChI is InChI=1S/C14H16ClNO4/c15-11-3-1-2-10(6-11)7-13(17)16-4-5-20-9-12(16)8-14(18)19/h1-3,6,12H,4-5,7-9H2,(H,18,19). The molecule has 1 aliphatic rings. The number of benzene rings is 1. The highest BCUT2D eigenvalue weighted by Crippen LogP contribution is 2.15. The number of amides is 1. The van der Waals surface area contributed by atoms with Crippen LogP contribution in [0.25, 0.3) is 0 Å². The van der Waals surface area contributed by atoms with Crippen molar-refractivity contribution in [1.82, 2.24) is 4.90 Å². The molecule has 6 heteroatoms. The van der Waals surface area contributed by atoms with Crippen molar-refractivity contribution in [2.24, 2.45) is 0 Å². The maximum Gasteiger partial charge on any atom is 0.305 e. The maximum absolute atomic E-state index is 12.3. The zero-order valence-electron chi connectivity index (χ0n) is 10.9. The third-order valence-electron chi connectivity index (χ3n) is 3.20. The number of carboxylic acid groups (broad SMARTS) is 1. The number of carboxylic acids is 1. The van der Waals surface area contributed by atoms with Crippen molar-refractivity contribution in [3.8, 4) is 0 Å². The molecule has 0 spiro atoms. The summed E-state index contributed by atoms with van der Waals surface area (Å²) in [4.78, 5) is 24.7. The first-order valence-electron chi connectivity index (χ1n) is 6.39. The van der Waals surface area contributed by atoms with Gasteiger partial charge in [0, 0.05) is 11.6 Å². The van der Waals surface area contributed by atoms with E-state index in [0.717, 1.165) is 5.56 Å². The second kappa shape index (κ2) is 6.72. The first-order valence-corrected chi connectivity index (χ1v) is 6.77. The van der Waals surface area contributed by atoms with Crippen molar-refractivity contribution in [3.63, 3.8) is 0 Å². The van der Waals surface area contributed by atoms with Crippen molar-refractivity contribution in [3.05, 3.63) is 34.9 Å². The first kappa shape index (κ1) is 14.8. The molecule has 1 heterocycles. The molecule has 1 atom stereocenters. The third kappa shape index (κ3) is 3.95. The van der Waals surface area contributed by atoms with Crippen LogP contribution in [-0.4, -0.2) is 47.7 Å². The van der Waals surface area contributed by atoms with Crippen LogP contribution in [0.1, 0.15) is 12.0 Å². The van der Waals surface area contributed by atoms with Crippen molar-refractivity contribution in [2.75, 3.05) is 19.8 Å². The monoisotopic (exact) mass is 297 g/mol. The number of rotatable bonds is 4. The Hall–Kier alpha value is -1.59. The molecule has 1 aromatic rings. The summed E-state index contributed by atoms with van der Waals surface area (Å²) in [5.41, 5.74) is 0.822. The van der Waals surface area contributed by atoms with Crippen LogP contribution in [0.15, 0.2) is 24.3 Å². The molecule has 0 bridgehead atoms. The fourth-order valence-electron chi connectivity index (χ4n) is 2.28. The Morgan fingerprint density at radius 2 is 2.25 bits per heavy atom. The fraction of sp³-hybridized carbons (Fsp3) is 0.429. The van der Waals surface area contributed by atoms with Crippen LogP contribution in [0, 0.1) is 0 Å². The molecule has 0 aliphatic carbocycles. The second-order valence-corrected chi connectivity index (χ2v) is 5.16. The summed E-state index contributed by atoms with van der Waals surface area (Å²) in [6.07, 6.45) is 0.123. The number of aliphatic carboxylic acids is 1. The minimum absolute atomic E-state index is 0.0955. The number of ether oxygens (including phenoxy) is 1. The number of nitrogens with zero attached hydrogens (tertiary/aromatic N) is 1. The zero-order valence-corrected chi connectivity index (χ0v) is 11.7. The summed E-state index contributed by atoms with van der Waals surface area (Å²) in [5, 5.41) is 9.46. The molecule has 1 aromatic carbocycles. The van der Waals surface area contributed by atoms with E-state index in [-0.39, 0.29) is 25.4 Å². The van der Waals surface area contributed by atoms with Gasteiger partial charge in [-0.25, -0.2) is 0 Å². The third-order valence-corrected chi connectivity index (χ3v) is 3.44. The molecule has 1 saturated heterocycles. The largest absolute Gasteiger partial charge is 0.481 e. The van der Waals surface area contributed by atoms with Crippen LogP contribution in [0.3, 0.4) is 0 Å². The Bertz CT molecular complexity index is 506. The van der Waals surface area contributed by atoms with E-state index in [1.165, 1.54) is 0 Å². The average Bonchev–Trinajstić information content (AvgIpc) is 2.38. The van der Waals surface area contributed by atoms with Gasteiger partial charge < -0.3 is 14.7 Å². The first-order chi connectivity index (χ1) is 9.56. The lowest BCUT2D eigenvalue weighted by Crippen LogP contribution is -2.50. The van der Waals surface area contributed by atoms with E-state index >= 15 is 0 Å². The van der Waals surface area contributed by atoms with Crippen LogP contribution in [-0.2, 0) is 20.7 Å². The highest BCUT2D eigenvalue weighted by Gasteiger charge is 2.28. The molecule has 0 saturated carbocycles. The lowest BCUT2D eigenvalue weighted by molar-refractivity contribution is -0.145. The smallest absolute Gasteiger partial charge is 0.305 e. The van der Waals surface area contributed by atoms with E-state index in [0.29, 0.717) is 18.2 Å². The molecular formula is C14H16ClNO4. The van der Waals surface area contributed by atoms with E-state index in [2.05, 4.69) is 0 Å². The maximum atomic E-state index is 12.3. The molecule has 5 nitrogen and oxygen atoms in total. The molecule has 1 aliphatic heterocycles. The Morgan fingerprint density at radius 1 is 1.45 bits per heavy atom. The van der Waals surface area contributed by atoms with Crippen LogP contribution in [0.2, 0.25) is 5.02 Å². The molecule has 0 radical (unpaired) electrons. The zero-order chi connectivity index (χ0) is 14.5. The Morgan fingerprint density at radius 3 is 2.95 bits per heavy atom. The van der Waals surface area contributed by atoms with Gasteiger partial charge in [0.05, 0.1) is 32.1 Å². The van der Waals surface area contributed by atoms with E-state index in [1.807, 2.05) is 6.07 Å². The molecule has 0 aromatic heterocycles. The molecular weight excluding hydrogens is 282 g/mol. The van der Waals surface area contributed by atoms with Gasteiger partial charge in [-0.3, -0.25) is 9.59 Å². The van der Waals surface area contributed by atoms with E-state index in [9.17, 15) is 9.59 Å². The van der Waals surface area contributed by atoms with Crippen LogP contribution < -0.4 is 0 Å². The van der Waals surface area contributed by atoms with Gasteiger partial charge in [-0.1, -0.05) is 23.7 Å². The van der Waals surface area contributed by atoms with Crippen LogP contribution in [0.4, 0.5) is 0 Å². The normalized spacial score (nSPS) is 18.9. The van der Waals surface area contributed by atoms with Crippen molar-refractivity contribution >= 4 is 23.5 Å². The van der Waals surface area contributed by atoms with Crippen molar-refractivity contribution < 1.29 is 19.4 Å². The Kier molecular flexibility index (Phi) is 4.98. The summed E-state index contributed by atoms with van der Waals surface area (Å²) >= 11 is 5.89. The van der Waals surface area contributed by atoms with Gasteiger partial charge in [-0.05, 0) is 17.7 Å². The van der Waals surface area contributed by atoms with E-state index in [4.69, 9.17) is 21.4 Å². The molecule has 1 unspecified atom stereocenters. The fourth-order valence-corrected chi connectivity index (χ4v) is 2.49. The molecule has 1 N–H and O–H groups in total. The molecule has 20 heavy (non-hydrogen) atoms. The average molecular weight is 298 g/mol. The van der Waals surface area contributed by atoms with Crippen molar-refractivity contribution in [1.29, 1.82) is 0 Å². The van der Waals surface area contributed by atoms with Gasteiger partial charge in [0.25, 0.3) is 0 Å². The number of hydrogen-bond donors (Lipinski definition) is 1. The summed E-state index contributed by atoms with van der Waals surface area (Å²) in [6, 6.07) is 6.71.